The third-order valence-corrected chi connectivity index (χ3v) is 11.6. The van der Waals surface area contributed by atoms with Crippen molar-refractivity contribution < 1.29 is 9.30 Å². The molecule has 0 saturated heterocycles. The van der Waals surface area contributed by atoms with Gasteiger partial charge in [-0.2, -0.15) is 4.57 Å². The molecule has 0 radical (unpaired) electrons. The Bertz CT molecular complexity index is 2590. The zero-order valence-corrected chi connectivity index (χ0v) is 30.9. The molecule has 0 unspecified atom stereocenters. The van der Waals surface area contributed by atoms with E-state index in [1.807, 2.05) is 24.3 Å². The van der Waals surface area contributed by atoms with Crippen molar-refractivity contribution >= 4 is 71.6 Å². The first-order valence-electron chi connectivity index (χ1n) is 17.7. The lowest BCUT2D eigenvalue weighted by molar-refractivity contribution is -0.670. The summed E-state index contributed by atoms with van der Waals surface area (Å²) in [4.78, 5) is 14.4. The third kappa shape index (κ3) is 5.53. The molecule has 8 aromatic rings. The van der Waals surface area contributed by atoms with Gasteiger partial charge < -0.3 is 14.5 Å². The molecule has 3 aromatic heterocycles. The van der Waals surface area contributed by atoms with Gasteiger partial charge in [-0.1, -0.05) is 59.9 Å². The van der Waals surface area contributed by atoms with E-state index in [-0.39, 0.29) is 0 Å². The molecular weight excluding hydrogens is 681 g/mol. The lowest BCUT2D eigenvalue weighted by Gasteiger charge is -2.23. The van der Waals surface area contributed by atoms with Gasteiger partial charge in [-0.3, -0.25) is 0 Å². The minimum Gasteiger partial charge on any atom is -0.431 e. The maximum Gasteiger partial charge on any atom is 0.287 e. The summed E-state index contributed by atoms with van der Waals surface area (Å²) < 4.78 is 13.4. The zero-order valence-electron chi connectivity index (χ0n) is 29.2. The first-order valence-corrected chi connectivity index (χ1v) is 19.4. The van der Waals surface area contributed by atoms with Gasteiger partial charge in [0.15, 0.2) is 11.0 Å². The fourth-order valence-corrected chi connectivity index (χ4v) is 9.03. The molecule has 0 fully saturated rings. The third-order valence-electron chi connectivity index (χ3n) is 9.57. The van der Waals surface area contributed by atoms with Crippen molar-refractivity contribution in [3.05, 3.63) is 139 Å². The van der Waals surface area contributed by atoms with E-state index in [2.05, 4.69) is 154 Å². The molecular formula is C43H37N6OS2+. The van der Waals surface area contributed by atoms with Crippen LogP contribution < -0.4 is 19.1 Å². The van der Waals surface area contributed by atoms with Crippen LogP contribution in [0.1, 0.15) is 26.6 Å². The van der Waals surface area contributed by atoms with E-state index in [0.717, 1.165) is 80.2 Å². The Kier molecular flexibility index (Phi) is 8.29. The summed E-state index contributed by atoms with van der Waals surface area (Å²) in [5.41, 5.74) is 8.89. The number of ether oxygens (including phenoxy) is 1. The zero-order chi connectivity index (χ0) is 35.2. The van der Waals surface area contributed by atoms with Crippen LogP contribution in [-0.4, -0.2) is 27.6 Å². The Morgan fingerprint density at radius 3 is 2.15 bits per heavy atom. The standard InChI is InChI=1S/C43H37N6OS2/c1-4-46-34-26-24-31(50-43-45-33-18-11-13-20-39(33)52-43)28-37(34)47(5-2)40(46)21-14-22-41-48(6-3)36-27-29(42-44-32-17-10-12-19-38(32)51-42)23-25-35(36)49(41)30-15-8-7-9-16-30/h7-28H,4-6H2,1-3H3/q+1. The number of aromatic nitrogens is 4. The number of benzene rings is 5. The van der Waals surface area contributed by atoms with E-state index in [9.17, 15) is 0 Å². The number of anilines is 2. The van der Waals surface area contributed by atoms with Gasteiger partial charge in [0.1, 0.15) is 22.3 Å². The molecule has 1 aliphatic heterocycles. The van der Waals surface area contributed by atoms with E-state index >= 15 is 0 Å². The Morgan fingerprint density at radius 1 is 0.712 bits per heavy atom. The normalized spacial score (nSPS) is 13.8. The highest BCUT2D eigenvalue weighted by molar-refractivity contribution is 7.21. The smallest absolute Gasteiger partial charge is 0.287 e. The number of allylic oxidation sites excluding steroid dienone is 2. The Labute approximate surface area is 310 Å². The summed E-state index contributed by atoms with van der Waals surface area (Å²) in [7, 11) is 0. The van der Waals surface area contributed by atoms with Gasteiger partial charge in [0.25, 0.3) is 11.0 Å². The number of para-hydroxylation sites is 3. The highest BCUT2D eigenvalue weighted by atomic mass is 32.1. The van der Waals surface area contributed by atoms with E-state index < -0.39 is 0 Å². The summed E-state index contributed by atoms with van der Waals surface area (Å²) in [6, 6.07) is 40.2. The Morgan fingerprint density at radius 2 is 1.42 bits per heavy atom. The van der Waals surface area contributed by atoms with Gasteiger partial charge in [-0.15, -0.1) is 11.3 Å². The largest absolute Gasteiger partial charge is 0.431 e. The van der Waals surface area contributed by atoms with Gasteiger partial charge in [-0.25, -0.2) is 14.5 Å². The molecule has 7 nitrogen and oxygen atoms in total. The summed E-state index contributed by atoms with van der Waals surface area (Å²) in [6.07, 6.45) is 6.67. The van der Waals surface area contributed by atoms with Crippen LogP contribution in [0.25, 0.3) is 53.8 Å². The second-order valence-electron chi connectivity index (χ2n) is 12.5. The van der Waals surface area contributed by atoms with Crippen LogP contribution in [0.15, 0.2) is 133 Å². The van der Waals surface area contributed by atoms with Gasteiger partial charge >= 0.3 is 0 Å². The summed E-state index contributed by atoms with van der Waals surface area (Å²) in [5.74, 6) is 3.03. The number of thiazole rings is 2. The van der Waals surface area contributed by atoms with Crippen LogP contribution >= 0.6 is 22.7 Å². The molecule has 9 heteroatoms. The summed E-state index contributed by atoms with van der Waals surface area (Å²) in [6.45, 7) is 9.10. The van der Waals surface area contributed by atoms with Crippen molar-refractivity contribution in [3.8, 4) is 27.2 Å². The average molecular weight is 718 g/mol. The van der Waals surface area contributed by atoms with Crippen molar-refractivity contribution in [1.82, 2.24) is 14.5 Å². The van der Waals surface area contributed by atoms with E-state index in [1.54, 1.807) is 22.7 Å². The number of nitrogens with zero attached hydrogens (tertiary/aromatic N) is 6. The maximum atomic E-state index is 6.31. The van der Waals surface area contributed by atoms with Crippen LogP contribution in [0, 0.1) is 0 Å². The van der Waals surface area contributed by atoms with Crippen LogP contribution in [-0.2, 0) is 6.54 Å². The quantitative estimate of drug-likeness (QED) is 0.139. The lowest BCUT2D eigenvalue weighted by Crippen LogP contribution is -2.35. The second kappa shape index (κ2) is 13.4. The van der Waals surface area contributed by atoms with Crippen molar-refractivity contribution in [3.63, 3.8) is 0 Å². The first kappa shape index (κ1) is 32.2. The molecule has 0 amide bonds. The molecule has 0 aliphatic carbocycles. The SMILES string of the molecule is CCN1/C(=C\C=C\c2n(-c3ccccc3)c3ccc(-c4nc5ccccc5s4)cc3[n+]2CC)N(CC)c2cc(Oc3nc4ccccc4s3)ccc21. The van der Waals surface area contributed by atoms with E-state index in [4.69, 9.17) is 9.72 Å². The van der Waals surface area contributed by atoms with Gasteiger partial charge in [0.05, 0.1) is 38.4 Å². The van der Waals surface area contributed by atoms with Crippen molar-refractivity contribution in [2.75, 3.05) is 22.9 Å². The van der Waals surface area contributed by atoms with Gasteiger partial charge in [0, 0.05) is 30.8 Å². The molecule has 0 N–H and O–H groups in total. The molecule has 4 heterocycles. The number of fused-ring (bicyclic) bond motifs is 4. The molecule has 0 saturated carbocycles. The molecule has 0 bridgehead atoms. The van der Waals surface area contributed by atoms with Crippen LogP contribution in [0.4, 0.5) is 11.4 Å². The summed E-state index contributed by atoms with van der Waals surface area (Å²) in [5, 5.41) is 1.69. The van der Waals surface area contributed by atoms with E-state index in [0.29, 0.717) is 5.19 Å². The minimum atomic E-state index is 0.651. The lowest BCUT2D eigenvalue weighted by atomic mass is 10.2. The van der Waals surface area contributed by atoms with Crippen LogP contribution in [0.2, 0.25) is 0 Å². The average Bonchev–Trinajstić information content (AvgIpc) is 3.94. The maximum absolute atomic E-state index is 6.31. The predicted molar refractivity (Wildman–Crippen MR) is 217 cm³/mol. The molecule has 0 spiro atoms. The predicted octanol–water partition coefficient (Wildman–Crippen LogP) is 10.8. The molecule has 52 heavy (non-hydrogen) atoms. The van der Waals surface area contributed by atoms with Gasteiger partial charge in [-0.05, 0) is 93.6 Å². The van der Waals surface area contributed by atoms with E-state index in [1.165, 1.54) is 15.9 Å². The minimum absolute atomic E-state index is 0.651. The van der Waals surface area contributed by atoms with Crippen LogP contribution in [0.5, 0.6) is 10.9 Å². The molecule has 0 atom stereocenters. The first-order chi connectivity index (χ1) is 25.6. The fourth-order valence-electron chi connectivity index (χ4n) is 7.23. The number of aryl methyl sites for hydroxylation is 1. The fraction of sp³-hybridized carbons (Fsp3) is 0.140. The monoisotopic (exact) mass is 717 g/mol. The Hall–Kier alpha value is -5.77. The Balaban J connectivity index is 1.09. The van der Waals surface area contributed by atoms with Crippen LogP contribution in [0.3, 0.4) is 0 Å². The van der Waals surface area contributed by atoms with Crippen molar-refractivity contribution in [2.45, 2.75) is 27.3 Å². The highest BCUT2D eigenvalue weighted by Crippen LogP contribution is 2.44. The number of imidazole rings is 1. The van der Waals surface area contributed by atoms with Crippen molar-refractivity contribution in [1.29, 1.82) is 0 Å². The number of hydrogen-bond donors (Lipinski definition) is 0. The number of rotatable bonds is 9. The number of hydrogen-bond acceptors (Lipinski definition) is 7. The summed E-state index contributed by atoms with van der Waals surface area (Å²) >= 11 is 3.31. The molecule has 256 valence electrons. The van der Waals surface area contributed by atoms with Gasteiger partial charge in [0.2, 0.25) is 0 Å². The molecule has 9 rings (SSSR count). The highest BCUT2D eigenvalue weighted by Gasteiger charge is 2.30. The molecule has 1 aliphatic rings. The molecule has 5 aromatic carbocycles. The second-order valence-corrected chi connectivity index (χ2v) is 14.6. The topological polar surface area (TPSA) is 50.3 Å². The van der Waals surface area contributed by atoms with Crippen molar-refractivity contribution in [2.24, 2.45) is 0 Å².